The van der Waals surface area contributed by atoms with Crippen LogP contribution in [0.1, 0.15) is 58.4 Å². The summed E-state index contributed by atoms with van der Waals surface area (Å²) >= 11 is 0. The molecule has 3 aromatic rings. The Morgan fingerprint density at radius 2 is 1.77 bits per heavy atom. The number of aromatic nitrogens is 3. The van der Waals surface area contributed by atoms with Crippen LogP contribution in [0.3, 0.4) is 0 Å². The van der Waals surface area contributed by atoms with Crippen LogP contribution >= 0.6 is 0 Å². The van der Waals surface area contributed by atoms with Crippen LogP contribution in [0.4, 0.5) is 10.6 Å². The van der Waals surface area contributed by atoms with Crippen LogP contribution in [-0.4, -0.2) is 45.5 Å². The molecule has 0 radical (unpaired) electrons. The predicted molar refractivity (Wildman–Crippen MR) is 143 cm³/mol. The number of fused-ring (bicyclic) bond motifs is 1. The van der Waals surface area contributed by atoms with Crippen LogP contribution in [0.15, 0.2) is 47.6 Å². The molecule has 6 rings (SSSR count). The molecule has 11 nitrogen and oxygen atoms in total. The van der Waals surface area contributed by atoms with Gasteiger partial charge in [0.25, 0.3) is 10.0 Å². The van der Waals surface area contributed by atoms with Crippen molar-refractivity contribution in [1.29, 1.82) is 0 Å². The topological polar surface area (TPSA) is 144 Å². The number of rotatable bonds is 6. The molecule has 2 heterocycles. The van der Waals surface area contributed by atoms with Gasteiger partial charge in [-0.25, -0.2) is 27.2 Å². The Balaban J connectivity index is 1.14. The molecular formula is C27H32N6O5S. The van der Waals surface area contributed by atoms with Crippen LogP contribution in [0.5, 0.6) is 0 Å². The molecule has 0 bridgehead atoms. The van der Waals surface area contributed by atoms with Crippen molar-refractivity contribution < 1.29 is 22.7 Å². The van der Waals surface area contributed by atoms with E-state index in [1.54, 1.807) is 30.3 Å². The Morgan fingerprint density at radius 3 is 2.44 bits per heavy atom. The molecule has 3 aliphatic rings. The van der Waals surface area contributed by atoms with Crippen molar-refractivity contribution in [2.75, 3.05) is 5.43 Å². The van der Waals surface area contributed by atoms with Gasteiger partial charge in [-0.2, -0.15) is 0 Å². The highest BCUT2D eigenvalue weighted by atomic mass is 32.2. The van der Waals surface area contributed by atoms with E-state index >= 15 is 0 Å². The fourth-order valence-electron chi connectivity index (χ4n) is 6.63. The number of hydrogen-bond donors (Lipinski definition) is 3. The Hall–Kier alpha value is -3.67. The number of amides is 2. The van der Waals surface area contributed by atoms with E-state index in [1.807, 2.05) is 27.7 Å². The van der Waals surface area contributed by atoms with E-state index in [1.165, 1.54) is 12.4 Å². The maximum Gasteiger partial charge on any atom is 0.408 e. The monoisotopic (exact) mass is 552 g/mol. The van der Waals surface area contributed by atoms with Gasteiger partial charge in [-0.1, -0.05) is 17.7 Å². The zero-order valence-electron chi connectivity index (χ0n) is 22.4. The highest BCUT2D eigenvalue weighted by Gasteiger charge is 2.86. The second-order valence-corrected chi connectivity index (χ2v) is 13.8. The molecule has 206 valence electrons. The zero-order valence-corrected chi connectivity index (χ0v) is 23.2. The Kier molecular flexibility index (Phi) is 5.36. The summed E-state index contributed by atoms with van der Waals surface area (Å²) in [4.78, 5) is 34.8. The first-order valence-corrected chi connectivity index (χ1v) is 14.5. The van der Waals surface area contributed by atoms with Gasteiger partial charge in [0.05, 0.1) is 22.0 Å². The van der Waals surface area contributed by atoms with Crippen LogP contribution in [-0.2, 0) is 19.6 Å². The quantitative estimate of drug-likeness (QED) is 0.393. The van der Waals surface area contributed by atoms with Gasteiger partial charge in [-0.05, 0) is 78.0 Å². The van der Waals surface area contributed by atoms with Gasteiger partial charge in [0, 0.05) is 11.6 Å². The van der Waals surface area contributed by atoms with Gasteiger partial charge in [0.1, 0.15) is 11.1 Å². The van der Waals surface area contributed by atoms with E-state index in [0.29, 0.717) is 18.4 Å². The molecule has 3 fully saturated rings. The molecule has 3 saturated carbocycles. The van der Waals surface area contributed by atoms with Gasteiger partial charge in [0.15, 0.2) is 11.5 Å². The lowest BCUT2D eigenvalue weighted by atomic mass is 9.63. The first-order chi connectivity index (χ1) is 18.3. The molecule has 1 aromatic carbocycles. The van der Waals surface area contributed by atoms with Crippen molar-refractivity contribution in [3.63, 3.8) is 0 Å². The van der Waals surface area contributed by atoms with E-state index in [2.05, 4.69) is 26.1 Å². The third kappa shape index (κ3) is 3.79. The van der Waals surface area contributed by atoms with Crippen molar-refractivity contribution >= 4 is 39.0 Å². The Bertz CT molecular complexity index is 1610. The number of hydrogen-bond acceptors (Lipinski definition) is 8. The molecule has 2 aromatic heterocycles. The summed E-state index contributed by atoms with van der Waals surface area (Å²) in [6, 6.07) is 8.16. The SMILES string of the molecule is Cc1ccc(S(=O)(=O)n2ccc3nc(NNC(=O)C45CCC6(NC(=O)OC(C)(C)C)CCC64C5)cnc32)cc1. The van der Waals surface area contributed by atoms with Crippen molar-refractivity contribution in [2.45, 2.75) is 75.8 Å². The largest absolute Gasteiger partial charge is 0.444 e. The number of alkyl carbamates (subject to hydrolysis) is 1. The second-order valence-electron chi connectivity index (χ2n) is 12.0. The standard InChI is InChI=1S/C27H32N6O5S/c1-17-5-7-18(8-6-17)39(36,37)33-14-9-19-21(33)28-15-20(29-19)31-32-22(34)25-10-12-27(13-11-26(25,27)16-25)30-23(35)38-24(2,3)4/h5-9,14-15H,10-13,16H2,1-4H3,(H,29,31)(H,30,35)(H,32,34). The van der Waals surface area contributed by atoms with E-state index in [9.17, 15) is 18.0 Å². The van der Waals surface area contributed by atoms with Gasteiger partial charge >= 0.3 is 6.09 Å². The summed E-state index contributed by atoms with van der Waals surface area (Å²) in [5.41, 5.74) is 5.36. The first-order valence-electron chi connectivity index (χ1n) is 13.1. The minimum Gasteiger partial charge on any atom is -0.444 e. The van der Waals surface area contributed by atoms with Crippen LogP contribution in [0, 0.1) is 17.8 Å². The summed E-state index contributed by atoms with van der Waals surface area (Å²) < 4.78 is 32.8. The molecule has 3 unspecified atom stereocenters. The minimum absolute atomic E-state index is 0.142. The third-order valence-corrected chi connectivity index (χ3v) is 10.4. The van der Waals surface area contributed by atoms with Gasteiger partial charge in [0.2, 0.25) is 5.91 Å². The average molecular weight is 553 g/mol. The van der Waals surface area contributed by atoms with E-state index in [4.69, 9.17) is 4.74 Å². The summed E-state index contributed by atoms with van der Waals surface area (Å²) in [5, 5.41) is 3.10. The molecular weight excluding hydrogens is 520 g/mol. The lowest BCUT2D eigenvalue weighted by Gasteiger charge is -2.49. The number of hydrazine groups is 1. The number of nitrogens with one attached hydrogen (secondary N) is 3. The van der Waals surface area contributed by atoms with Crippen molar-refractivity contribution in [1.82, 2.24) is 24.7 Å². The first kappa shape index (κ1) is 25.6. The van der Waals surface area contributed by atoms with Gasteiger partial charge < -0.3 is 10.1 Å². The average Bonchev–Trinajstić information content (AvgIpc) is 3.34. The molecule has 2 amide bonds. The maximum atomic E-state index is 13.4. The van der Waals surface area contributed by atoms with Gasteiger partial charge in [-0.3, -0.25) is 15.6 Å². The lowest BCUT2D eigenvalue weighted by Crippen LogP contribution is -2.61. The maximum absolute atomic E-state index is 13.4. The molecule has 3 N–H and O–H groups in total. The van der Waals surface area contributed by atoms with E-state index < -0.39 is 32.7 Å². The number of anilines is 1. The summed E-state index contributed by atoms with van der Waals surface area (Å²) in [6.45, 7) is 7.37. The number of nitrogens with zero attached hydrogens (tertiary/aromatic N) is 3. The number of aryl methyl sites for hydroxylation is 1. The lowest BCUT2D eigenvalue weighted by molar-refractivity contribution is -0.127. The van der Waals surface area contributed by atoms with Crippen LogP contribution in [0.25, 0.3) is 11.2 Å². The highest BCUT2D eigenvalue weighted by Crippen LogP contribution is 2.84. The van der Waals surface area contributed by atoms with Crippen molar-refractivity contribution in [3.05, 3.63) is 48.3 Å². The van der Waals surface area contributed by atoms with Crippen LogP contribution < -0.4 is 16.2 Å². The number of ether oxygens (including phenoxy) is 1. The second kappa shape index (κ2) is 8.17. The van der Waals surface area contributed by atoms with Crippen LogP contribution in [0.2, 0.25) is 0 Å². The zero-order chi connectivity index (χ0) is 27.8. The smallest absolute Gasteiger partial charge is 0.408 e. The van der Waals surface area contributed by atoms with E-state index in [0.717, 1.165) is 28.8 Å². The predicted octanol–water partition coefficient (Wildman–Crippen LogP) is 3.65. The summed E-state index contributed by atoms with van der Waals surface area (Å²) in [6.07, 6.45) is 6.20. The molecule has 0 aliphatic heterocycles. The summed E-state index contributed by atoms with van der Waals surface area (Å²) in [7, 11) is -3.84. The fraction of sp³-hybridized carbons (Fsp3) is 0.481. The Labute approximate surface area is 226 Å². The molecule has 3 aliphatic carbocycles. The minimum atomic E-state index is -3.84. The molecule has 0 saturated heterocycles. The highest BCUT2D eigenvalue weighted by molar-refractivity contribution is 7.90. The number of carbonyl (C=O) groups excluding carboxylic acids is 2. The number of benzene rings is 1. The Morgan fingerprint density at radius 1 is 1.05 bits per heavy atom. The summed E-state index contributed by atoms with van der Waals surface area (Å²) in [5.74, 6) is 0.147. The van der Waals surface area contributed by atoms with Gasteiger partial charge in [-0.15, -0.1) is 0 Å². The molecule has 1 spiro atoms. The third-order valence-electron chi connectivity index (χ3n) is 8.68. The van der Waals surface area contributed by atoms with Crippen molar-refractivity contribution in [2.24, 2.45) is 10.8 Å². The van der Waals surface area contributed by atoms with E-state index in [-0.39, 0.29) is 27.7 Å². The molecule has 12 heteroatoms. The number of carbonyl (C=O) groups is 2. The molecule has 3 atom stereocenters. The molecule has 39 heavy (non-hydrogen) atoms. The fourth-order valence-corrected chi connectivity index (χ4v) is 7.93. The normalized spacial score (nSPS) is 27.2. The van der Waals surface area contributed by atoms with Crippen molar-refractivity contribution in [3.8, 4) is 0 Å².